The summed E-state index contributed by atoms with van der Waals surface area (Å²) in [7, 11) is 0. The predicted molar refractivity (Wildman–Crippen MR) is 110 cm³/mol. The molecule has 27 heavy (non-hydrogen) atoms. The van der Waals surface area contributed by atoms with Crippen LogP contribution in [0.4, 0.5) is 0 Å². The second kappa shape index (κ2) is 6.26. The summed E-state index contributed by atoms with van der Waals surface area (Å²) in [5.74, 6) is 0.270. The van der Waals surface area contributed by atoms with Crippen LogP contribution in [0.5, 0.6) is 5.75 Å². The third-order valence-corrected chi connectivity index (χ3v) is 5.44. The number of aromatic hydroxyl groups is 1. The summed E-state index contributed by atoms with van der Waals surface area (Å²) >= 11 is 6.45. The molecule has 0 fully saturated rings. The minimum atomic E-state index is 0.270. The molecule has 2 nitrogen and oxygen atoms in total. The average Bonchev–Trinajstić information content (AvgIpc) is 3.07. The smallest absolute Gasteiger partial charge is 0.123 e. The van der Waals surface area contributed by atoms with Crippen LogP contribution in [0.25, 0.3) is 33.6 Å². The van der Waals surface area contributed by atoms with Crippen LogP contribution in [0.2, 0.25) is 5.02 Å². The van der Waals surface area contributed by atoms with E-state index < -0.39 is 0 Å². The Morgan fingerprint density at radius 3 is 2.19 bits per heavy atom. The topological polar surface area (TPSA) is 33.1 Å². The van der Waals surface area contributed by atoms with Crippen molar-refractivity contribution in [3.63, 3.8) is 0 Å². The number of nitrogens with zero attached hydrogens (tertiary/aromatic N) is 1. The summed E-state index contributed by atoms with van der Waals surface area (Å²) < 4.78 is 0. The monoisotopic (exact) mass is 369 g/mol. The Hall–Kier alpha value is -3.10. The lowest BCUT2D eigenvalue weighted by Gasteiger charge is -2.14. The van der Waals surface area contributed by atoms with Gasteiger partial charge in [-0.3, -0.25) is 0 Å². The number of rotatable bonds is 2. The molecule has 1 heterocycles. The van der Waals surface area contributed by atoms with Crippen molar-refractivity contribution in [2.24, 2.45) is 0 Å². The third kappa shape index (κ3) is 2.61. The number of halogens is 1. The van der Waals surface area contributed by atoms with E-state index in [9.17, 15) is 5.11 Å². The Kier molecular flexibility index (Phi) is 3.73. The van der Waals surface area contributed by atoms with Gasteiger partial charge in [0.15, 0.2) is 0 Å². The standard InChI is InChI=1S/C24H16ClNO/c25-21-11-5-3-10-18(21)22-14-19(17-9-4-6-12-23(17)27)20-13-15-7-1-2-8-16(15)24(20)26-22/h1-12,14,27H,13H2. The molecule has 0 saturated heterocycles. The summed E-state index contributed by atoms with van der Waals surface area (Å²) in [4.78, 5) is 4.98. The van der Waals surface area contributed by atoms with Crippen molar-refractivity contribution >= 4 is 11.6 Å². The first-order chi connectivity index (χ1) is 13.2. The molecule has 0 aliphatic heterocycles. The Morgan fingerprint density at radius 1 is 0.741 bits per heavy atom. The first-order valence-electron chi connectivity index (χ1n) is 8.88. The molecule has 0 bridgehead atoms. The molecule has 1 aliphatic carbocycles. The Balaban J connectivity index is 1.83. The fourth-order valence-electron chi connectivity index (χ4n) is 3.82. The molecular weight excluding hydrogens is 354 g/mol. The molecule has 1 aromatic heterocycles. The van der Waals surface area contributed by atoms with E-state index in [4.69, 9.17) is 16.6 Å². The highest BCUT2D eigenvalue weighted by atomic mass is 35.5. The Morgan fingerprint density at radius 2 is 1.41 bits per heavy atom. The zero-order valence-electron chi connectivity index (χ0n) is 14.5. The van der Waals surface area contributed by atoms with E-state index in [1.54, 1.807) is 6.07 Å². The molecule has 0 unspecified atom stereocenters. The summed E-state index contributed by atoms with van der Waals surface area (Å²) in [5.41, 5.74) is 8.06. The van der Waals surface area contributed by atoms with E-state index in [0.29, 0.717) is 5.02 Å². The van der Waals surface area contributed by atoms with Crippen LogP contribution in [0.3, 0.4) is 0 Å². The molecule has 3 heteroatoms. The number of phenols is 1. The first kappa shape index (κ1) is 16.1. The number of hydrogen-bond acceptors (Lipinski definition) is 2. The van der Waals surface area contributed by atoms with Crippen molar-refractivity contribution < 1.29 is 5.11 Å². The molecule has 4 aromatic rings. The van der Waals surface area contributed by atoms with Crippen molar-refractivity contribution in [3.05, 3.63) is 95.0 Å². The van der Waals surface area contributed by atoms with Gasteiger partial charge in [-0.25, -0.2) is 4.98 Å². The molecular formula is C24H16ClNO. The van der Waals surface area contributed by atoms with Crippen molar-refractivity contribution in [3.8, 4) is 39.4 Å². The van der Waals surface area contributed by atoms with Crippen LogP contribution in [-0.4, -0.2) is 10.1 Å². The van der Waals surface area contributed by atoms with Crippen molar-refractivity contribution in [1.29, 1.82) is 0 Å². The number of pyridine rings is 1. The summed E-state index contributed by atoms with van der Waals surface area (Å²) in [6.45, 7) is 0. The van der Waals surface area contributed by atoms with Gasteiger partial charge in [0, 0.05) is 28.1 Å². The average molecular weight is 370 g/mol. The largest absolute Gasteiger partial charge is 0.507 e. The molecule has 130 valence electrons. The van der Waals surface area contributed by atoms with Crippen molar-refractivity contribution in [2.45, 2.75) is 6.42 Å². The molecule has 0 saturated carbocycles. The minimum absolute atomic E-state index is 0.270. The fraction of sp³-hybridized carbons (Fsp3) is 0.0417. The molecule has 5 rings (SSSR count). The third-order valence-electron chi connectivity index (χ3n) is 5.11. The zero-order chi connectivity index (χ0) is 18.4. The summed E-state index contributed by atoms with van der Waals surface area (Å²) in [6.07, 6.45) is 0.810. The quantitative estimate of drug-likeness (QED) is 0.393. The SMILES string of the molecule is Oc1ccccc1-c1cc(-c2ccccc2Cl)nc2c1Cc1ccccc1-2. The lowest BCUT2D eigenvalue weighted by molar-refractivity contribution is 0.477. The van der Waals surface area contributed by atoms with Crippen LogP contribution in [-0.2, 0) is 6.42 Å². The summed E-state index contributed by atoms with van der Waals surface area (Å²) in [6, 6.07) is 25.6. The zero-order valence-corrected chi connectivity index (χ0v) is 15.2. The normalized spacial score (nSPS) is 11.9. The number of fused-ring (bicyclic) bond motifs is 3. The maximum absolute atomic E-state index is 10.5. The lowest BCUT2D eigenvalue weighted by atomic mass is 9.95. The number of para-hydroxylation sites is 1. The summed E-state index contributed by atoms with van der Waals surface area (Å²) in [5, 5.41) is 11.1. The maximum atomic E-state index is 10.5. The highest BCUT2D eigenvalue weighted by Crippen LogP contribution is 2.44. The van der Waals surface area contributed by atoms with E-state index in [1.807, 2.05) is 54.6 Å². The van der Waals surface area contributed by atoms with Gasteiger partial charge in [-0.2, -0.15) is 0 Å². The maximum Gasteiger partial charge on any atom is 0.123 e. The first-order valence-corrected chi connectivity index (χ1v) is 9.25. The number of aromatic nitrogens is 1. The highest BCUT2D eigenvalue weighted by molar-refractivity contribution is 6.33. The number of phenolic OH excluding ortho intramolecular Hbond substituents is 1. The van der Waals surface area contributed by atoms with Gasteiger partial charge < -0.3 is 5.11 Å². The Labute approximate surface area is 162 Å². The van der Waals surface area contributed by atoms with Crippen LogP contribution < -0.4 is 0 Å². The van der Waals surface area contributed by atoms with E-state index in [1.165, 1.54) is 5.56 Å². The molecule has 0 radical (unpaired) electrons. The van der Waals surface area contributed by atoms with Crippen LogP contribution >= 0.6 is 11.6 Å². The van der Waals surface area contributed by atoms with Crippen LogP contribution in [0, 0.1) is 0 Å². The fourth-order valence-corrected chi connectivity index (χ4v) is 4.05. The van der Waals surface area contributed by atoms with Gasteiger partial charge in [-0.05, 0) is 34.9 Å². The second-order valence-electron chi connectivity index (χ2n) is 6.71. The van der Waals surface area contributed by atoms with E-state index in [-0.39, 0.29) is 5.75 Å². The van der Waals surface area contributed by atoms with Crippen molar-refractivity contribution in [1.82, 2.24) is 4.98 Å². The van der Waals surface area contributed by atoms with Crippen LogP contribution in [0.15, 0.2) is 78.9 Å². The number of hydrogen-bond donors (Lipinski definition) is 1. The number of benzene rings is 3. The van der Waals surface area contributed by atoms with Gasteiger partial charge in [-0.15, -0.1) is 0 Å². The van der Waals surface area contributed by atoms with E-state index in [0.717, 1.165) is 45.6 Å². The molecule has 1 aliphatic rings. The predicted octanol–water partition coefficient (Wildman–Crippen LogP) is 6.35. The van der Waals surface area contributed by atoms with Crippen LogP contribution in [0.1, 0.15) is 11.1 Å². The van der Waals surface area contributed by atoms with Gasteiger partial charge in [0.2, 0.25) is 0 Å². The van der Waals surface area contributed by atoms with Gasteiger partial charge in [0.1, 0.15) is 5.75 Å². The van der Waals surface area contributed by atoms with Gasteiger partial charge in [0.05, 0.1) is 11.4 Å². The highest BCUT2D eigenvalue weighted by Gasteiger charge is 2.25. The van der Waals surface area contributed by atoms with Gasteiger partial charge in [0.25, 0.3) is 0 Å². The second-order valence-corrected chi connectivity index (χ2v) is 7.12. The molecule has 1 N–H and O–H groups in total. The van der Waals surface area contributed by atoms with Crippen molar-refractivity contribution in [2.75, 3.05) is 0 Å². The van der Waals surface area contributed by atoms with E-state index >= 15 is 0 Å². The lowest BCUT2D eigenvalue weighted by Crippen LogP contribution is -1.95. The van der Waals surface area contributed by atoms with Gasteiger partial charge >= 0.3 is 0 Å². The van der Waals surface area contributed by atoms with E-state index in [2.05, 4.69) is 18.2 Å². The molecule has 0 amide bonds. The Bertz CT molecular complexity index is 1180. The molecule has 3 aromatic carbocycles. The molecule has 0 atom stereocenters. The molecule has 0 spiro atoms. The minimum Gasteiger partial charge on any atom is -0.507 e. The van der Waals surface area contributed by atoms with Gasteiger partial charge in [-0.1, -0.05) is 72.3 Å².